The smallest absolute Gasteiger partial charge is 0.243 e. The molecule has 0 bridgehead atoms. The molecule has 1 aliphatic rings. The number of hydrogen-bond donors (Lipinski definition) is 0. The Morgan fingerprint density at radius 2 is 2.04 bits per heavy atom. The van der Waals surface area contributed by atoms with Crippen LogP contribution >= 0.6 is 11.6 Å². The number of amides is 1. The number of rotatable bonds is 4. The lowest BCUT2D eigenvalue weighted by molar-refractivity contribution is -0.116. The molecule has 0 N–H and O–H groups in total. The normalized spacial score (nSPS) is 14.3. The lowest BCUT2D eigenvalue weighted by Crippen LogP contribution is -2.34. The Labute approximate surface area is 163 Å². The molecule has 0 saturated carbocycles. The molecule has 2 aromatic rings. The molecule has 0 radical (unpaired) electrons. The molecule has 1 heterocycles. The monoisotopic (exact) mass is 410 g/mol. The van der Waals surface area contributed by atoms with Crippen LogP contribution in [0.25, 0.3) is 0 Å². The van der Waals surface area contributed by atoms with E-state index in [0.717, 1.165) is 22.0 Å². The number of sulfonamides is 1. The SMILES string of the molecule is CC(=O)N1CCCc2cc(S(=O)(=O)N(C)Cc3c(F)cccc3Cl)ccc21. The van der Waals surface area contributed by atoms with Crippen molar-refractivity contribution in [1.29, 1.82) is 0 Å². The molecule has 144 valence electrons. The van der Waals surface area contributed by atoms with Gasteiger partial charge in [0.15, 0.2) is 0 Å². The van der Waals surface area contributed by atoms with Gasteiger partial charge in [0.1, 0.15) is 5.82 Å². The third-order valence-corrected chi connectivity index (χ3v) is 6.85. The van der Waals surface area contributed by atoms with E-state index in [0.29, 0.717) is 13.0 Å². The summed E-state index contributed by atoms with van der Waals surface area (Å²) in [6, 6.07) is 8.98. The number of aryl methyl sites for hydroxylation is 1. The lowest BCUT2D eigenvalue weighted by atomic mass is 10.0. The van der Waals surface area contributed by atoms with E-state index in [1.165, 1.54) is 38.2 Å². The summed E-state index contributed by atoms with van der Waals surface area (Å²) in [5.41, 5.74) is 1.69. The summed E-state index contributed by atoms with van der Waals surface area (Å²) >= 11 is 6.01. The molecule has 5 nitrogen and oxygen atoms in total. The van der Waals surface area contributed by atoms with E-state index in [4.69, 9.17) is 11.6 Å². The van der Waals surface area contributed by atoms with Crippen molar-refractivity contribution in [3.05, 3.63) is 58.4 Å². The van der Waals surface area contributed by atoms with Gasteiger partial charge in [0, 0.05) is 43.3 Å². The predicted molar refractivity (Wildman–Crippen MR) is 103 cm³/mol. The Kier molecular flexibility index (Phi) is 5.55. The van der Waals surface area contributed by atoms with Crippen molar-refractivity contribution in [2.45, 2.75) is 31.2 Å². The van der Waals surface area contributed by atoms with E-state index in [1.54, 1.807) is 17.0 Å². The third kappa shape index (κ3) is 3.85. The van der Waals surface area contributed by atoms with Crippen molar-refractivity contribution in [3.63, 3.8) is 0 Å². The standard InChI is InChI=1S/C19H20ClFN2O3S/c1-13(24)23-10-4-5-14-11-15(8-9-19(14)23)27(25,26)22(2)12-16-17(20)6-3-7-18(16)21/h3,6-9,11H,4-5,10,12H2,1-2H3. The van der Waals surface area contributed by atoms with Gasteiger partial charge in [-0.3, -0.25) is 4.79 Å². The zero-order valence-corrected chi connectivity index (χ0v) is 16.6. The Morgan fingerprint density at radius 1 is 1.30 bits per heavy atom. The lowest BCUT2D eigenvalue weighted by Gasteiger charge is -2.29. The molecule has 0 atom stereocenters. The van der Waals surface area contributed by atoms with E-state index in [1.807, 2.05) is 0 Å². The zero-order chi connectivity index (χ0) is 19.8. The van der Waals surface area contributed by atoms with Crippen LogP contribution in [-0.4, -0.2) is 32.2 Å². The number of benzene rings is 2. The average molecular weight is 411 g/mol. The summed E-state index contributed by atoms with van der Waals surface area (Å²) in [4.78, 5) is 13.5. The quantitative estimate of drug-likeness (QED) is 0.773. The van der Waals surface area contributed by atoms with E-state index in [2.05, 4.69) is 0 Å². The fourth-order valence-corrected chi connectivity index (χ4v) is 4.64. The first kappa shape index (κ1) is 19.8. The molecule has 0 fully saturated rings. The second-order valence-electron chi connectivity index (χ2n) is 6.53. The van der Waals surface area contributed by atoms with E-state index in [-0.39, 0.29) is 27.9 Å². The highest BCUT2D eigenvalue weighted by atomic mass is 35.5. The van der Waals surface area contributed by atoms with E-state index in [9.17, 15) is 17.6 Å². The van der Waals surface area contributed by atoms with Gasteiger partial charge in [0.05, 0.1) is 4.90 Å². The van der Waals surface area contributed by atoms with Crippen LogP contribution in [0, 0.1) is 5.82 Å². The number of halogens is 2. The highest BCUT2D eigenvalue weighted by Gasteiger charge is 2.26. The van der Waals surface area contributed by atoms with Crippen molar-refractivity contribution in [3.8, 4) is 0 Å². The molecule has 0 spiro atoms. The van der Waals surface area contributed by atoms with Crippen LogP contribution in [0.1, 0.15) is 24.5 Å². The Balaban J connectivity index is 1.92. The third-order valence-electron chi connectivity index (χ3n) is 4.70. The Morgan fingerprint density at radius 3 is 2.70 bits per heavy atom. The first-order valence-electron chi connectivity index (χ1n) is 8.52. The van der Waals surface area contributed by atoms with Crippen molar-refractivity contribution in [1.82, 2.24) is 4.31 Å². The molecule has 0 aliphatic carbocycles. The average Bonchev–Trinajstić information content (AvgIpc) is 2.63. The molecule has 8 heteroatoms. The van der Waals surface area contributed by atoms with Gasteiger partial charge >= 0.3 is 0 Å². The fourth-order valence-electron chi connectivity index (χ4n) is 3.23. The maximum absolute atomic E-state index is 14.0. The molecule has 0 aromatic heterocycles. The predicted octanol–water partition coefficient (Wildman–Crippen LogP) is 3.60. The van der Waals surface area contributed by atoms with Crippen molar-refractivity contribution >= 4 is 33.2 Å². The second-order valence-corrected chi connectivity index (χ2v) is 8.98. The van der Waals surface area contributed by atoms with Gasteiger partial charge in [-0.15, -0.1) is 0 Å². The van der Waals surface area contributed by atoms with Gasteiger partial charge in [0.25, 0.3) is 0 Å². The van der Waals surface area contributed by atoms with E-state index < -0.39 is 15.8 Å². The van der Waals surface area contributed by atoms with Gasteiger partial charge in [-0.2, -0.15) is 4.31 Å². The van der Waals surface area contributed by atoms with Crippen LogP contribution < -0.4 is 4.90 Å². The molecular formula is C19H20ClFN2O3S. The van der Waals surface area contributed by atoms with Crippen molar-refractivity contribution in [2.24, 2.45) is 0 Å². The molecule has 2 aromatic carbocycles. The van der Waals surface area contributed by atoms with Crippen LogP contribution in [0.5, 0.6) is 0 Å². The Bertz CT molecular complexity index is 974. The molecule has 0 saturated heterocycles. The topological polar surface area (TPSA) is 57.7 Å². The van der Waals surface area contributed by atoms with Gasteiger partial charge in [-0.25, -0.2) is 12.8 Å². The minimum Gasteiger partial charge on any atom is -0.312 e. The van der Waals surface area contributed by atoms with Gasteiger partial charge in [-0.1, -0.05) is 17.7 Å². The molecule has 1 amide bonds. The van der Waals surface area contributed by atoms with Crippen LogP contribution in [-0.2, 0) is 27.8 Å². The number of carbonyl (C=O) groups excluding carboxylic acids is 1. The number of carbonyl (C=O) groups is 1. The maximum atomic E-state index is 14.0. The minimum atomic E-state index is -3.84. The summed E-state index contributed by atoms with van der Waals surface area (Å²) in [7, 11) is -2.45. The van der Waals surface area contributed by atoms with Crippen LogP contribution in [0.3, 0.4) is 0 Å². The van der Waals surface area contributed by atoms with Crippen LogP contribution in [0.2, 0.25) is 5.02 Å². The molecule has 3 rings (SSSR count). The number of hydrogen-bond acceptors (Lipinski definition) is 3. The van der Waals surface area contributed by atoms with Gasteiger partial charge in [-0.05, 0) is 48.7 Å². The summed E-state index contributed by atoms with van der Waals surface area (Å²) in [5.74, 6) is -0.620. The largest absolute Gasteiger partial charge is 0.312 e. The minimum absolute atomic E-state index is 0.0714. The molecule has 27 heavy (non-hydrogen) atoms. The van der Waals surface area contributed by atoms with Gasteiger partial charge < -0.3 is 4.90 Å². The molecule has 0 unspecified atom stereocenters. The summed E-state index contributed by atoms with van der Waals surface area (Å²) in [6.45, 7) is 1.94. The second kappa shape index (κ2) is 7.58. The summed E-state index contributed by atoms with van der Waals surface area (Å²) in [5, 5.41) is 0.180. The van der Waals surface area contributed by atoms with Crippen molar-refractivity contribution in [2.75, 3.05) is 18.5 Å². The first-order valence-corrected chi connectivity index (χ1v) is 10.3. The molecular weight excluding hydrogens is 391 g/mol. The summed E-state index contributed by atoms with van der Waals surface area (Å²) < 4.78 is 41.0. The molecule has 1 aliphatic heterocycles. The number of nitrogens with zero attached hydrogens (tertiary/aromatic N) is 2. The van der Waals surface area contributed by atoms with Gasteiger partial charge in [0.2, 0.25) is 15.9 Å². The maximum Gasteiger partial charge on any atom is 0.243 e. The zero-order valence-electron chi connectivity index (χ0n) is 15.1. The Hall–Kier alpha value is -1.96. The van der Waals surface area contributed by atoms with E-state index >= 15 is 0 Å². The van der Waals surface area contributed by atoms with Crippen LogP contribution in [0.15, 0.2) is 41.3 Å². The number of fused-ring (bicyclic) bond motifs is 1. The van der Waals surface area contributed by atoms with Crippen LogP contribution in [0.4, 0.5) is 10.1 Å². The van der Waals surface area contributed by atoms with Crippen molar-refractivity contribution < 1.29 is 17.6 Å². The first-order chi connectivity index (χ1) is 12.7. The fraction of sp³-hybridized carbons (Fsp3) is 0.316. The highest BCUT2D eigenvalue weighted by molar-refractivity contribution is 7.89. The number of anilines is 1. The summed E-state index contributed by atoms with van der Waals surface area (Å²) in [6.07, 6.45) is 1.47. The highest BCUT2D eigenvalue weighted by Crippen LogP contribution is 2.31.